The average molecular weight is 436 g/mol. The topological polar surface area (TPSA) is 87.7 Å². The van der Waals surface area contributed by atoms with Crippen molar-refractivity contribution in [2.45, 2.75) is 12.5 Å². The Morgan fingerprint density at radius 3 is 2.35 bits per heavy atom. The van der Waals surface area contributed by atoms with Crippen LogP contribution in [0.4, 0.5) is 5.69 Å². The summed E-state index contributed by atoms with van der Waals surface area (Å²) >= 11 is 5.89. The first-order valence-electron chi connectivity index (χ1n) is 9.52. The van der Waals surface area contributed by atoms with Gasteiger partial charge < -0.3 is 4.74 Å². The van der Waals surface area contributed by atoms with Crippen LogP contribution in [0.25, 0.3) is 0 Å². The number of nitrogens with zero attached hydrogens (tertiary/aromatic N) is 1. The highest BCUT2D eigenvalue weighted by Gasteiger charge is 2.39. The number of anilines is 1. The zero-order valence-corrected chi connectivity index (χ0v) is 17.0. The summed E-state index contributed by atoms with van der Waals surface area (Å²) in [4.78, 5) is 38.5. The summed E-state index contributed by atoms with van der Waals surface area (Å²) < 4.78 is 5.73. The Kier molecular flexibility index (Phi) is 5.97. The number of para-hydroxylation sites is 1. The minimum absolute atomic E-state index is 0.0725. The molecule has 4 rings (SSSR count). The predicted octanol–water partition coefficient (Wildman–Crippen LogP) is 3.70. The molecule has 1 aliphatic rings. The summed E-state index contributed by atoms with van der Waals surface area (Å²) in [6, 6.07) is 21.5. The largest absolute Gasteiger partial charge is 0.457 e. The molecule has 8 heteroatoms. The Balaban J connectivity index is 1.39. The van der Waals surface area contributed by atoms with E-state index in [1.807, 2.05) is 30.3 Å². The molecule has 1 fully saturated rings. The Labute approximate surface area is 183 Å². The van der Waals surface area contributed by atoms with Crippen LogP contribution in [0.3, 0.4) is 0 Å². The van der Waals surface area contributed by atoms with E-state index in [-0.39, 0.29) is 12.3 Å². The maximum absolute atomic E-state index is 12.7. The van der Waals surface area contributed by atoms with E-state index in [2.05, 4.69) is 10.9 Å². The number of halogens is 1. The van der Waals surface area contributed by atoms with Crippen molar-refractivity contribution in [1.82, 2.24) is 10.9 Å². The zero-order chi connectivity index (χ0) is 21.8. The fraction of sp³-hybridized carbons (Fsp3) is 0.0870. The predicted molar refractivity (Wildman–Crippen MR) is 116 cm³/mol. The van der Waals surface area contributed by atoms with Gasteiger partial charge in [-0.05, 0) is 54.6 Å². The van der Waals surface area contributed by atoms with Crippen LogP contribution in [0.5, 0.6) is 11.5 Å². The van der Waals surface area contributed by atoms with Gasteiger partial charge in [0.05, 0.1) is 12.1 Å². The van der Waals surface area contributed by atoms with Crippen molar-refractivity contribution in [1.29, 1.82) is 0 Å². The molecule has 1 heterocycles. The van der Waals surface area contributed by atoms with Gasteiger partial charge in [0, 0.05) is 10.6 Å². The van der Waals surface area contributed by atoms with Crippen LogP contribution in [-0.2, 0) is 9.59 Å². The highest BCUT2D eigenvalue weighted by molar-refractivity contribution is 6.31. The molecule has 0 unspecified atom stereocenters. The quantitative estimate of drug-likeness (QED) is 0.455. The molecule has 156 valence electrons. The Bertz CT molecular complexity index is 1120. The third-order valence-corrected chi connectivity index (χ3v) is 4.90. The molecule has 1 saturated heterocycles. The molecule has 2 N–H and O–H groups in total. The van der Waals surface area contributed by atoms with Crippen LogP contribution in [0.1, 0.15) is 16.8 Å². The van der Waals surface area contributed by atoms with Crippen LogP contribution in [0.15, 0.2) is 78.9 Å². The number of hydrazine groups is 1. The van der Waals surface area contributed by atoms with Gasteiger partial charge in [0.2, 0.25) is 5.91 Å². The van der Waals surface area contributed by atoms with Crippen LogP contribution >= 0.6 is 11.6 Å². The minimum atomic E-state index is -0.865. The molecule has 3 aromatic carbocycles. The van der Waals surface area contributed by atoms with E-state index in [1.165, 1.54) is 6.07 Å². The van der Waals surface area contributed by atoms with Crippen LogP contribution in [0, 0.1) is 0 Å². The SMILES string of the molecule is O=C(NN[C@@H]1CC(=O)N(c2ccc(Oc3ccccc3)cc2)C1=O)c1cccc(Cl)c1. The van der Waals surface area contributed by atoms with E-state index < -0.39 is 17.9 Å². The first-order valence-corrected chi connectivity index (χ1v) is 9.90. The molecule has 0 spiro atoms. The maximum Gasteiger partial charge on any atom is 0.265 e. The number of hydrogen-bond acceptors (Lipinski definition) is 5. The van der Waals surface area contributed by atoms with Crippen molar-refractivity contribution >= 4 is 35.0 Å². The third kappa shape index (κ3) is 4.74. The van der Waals surface area contributed by atoms with Gasteiger partial charge in [-0.1, -0.05) is 35.9 Å². The standard InChI is InChI=1S/C23H18ClN3O4/c24-16-6-4-5-15(13-16)22(29)26-25-20-14-21(28)27(23(20)30)17-9-11-19(12-10-17)31-18-7-2-1-3-8-18/h1-13,20,25H,14H2,(H,26,29)/t20-/m1/s1. The van der Waals surface area contributed by atoms with Crippen LogP contribution in [0.2, 0.25) is 5.02 Å². The Hall–Kier alpha value is -3.68. The number of nitrogens with one attached hydrogen (secondary N) is 2. The van der Waals surface area contributed by atoms with Gasteiger partial charge in [0.25, 0.3) is 11.8 Å². The smallest absolute Gasteiger partial charge is 0.265 e. The van der Waals surface area contributed by atoms with Crippen molar-refractivity contribution < 1.29 is 19.1 Å². The number of carbonyl (C=O) groups excluding carboxylic acids is 3. The molecule has 3 amide bonds. The Morgan fingerprint density at radius 2 is 1.65 bits per heavy atom. The van der Waals surface area contributed by atoms with E-state index in [0.29, 0.717) is 27.8 Å². The number of ether oxygens (including phenoxy) is 1. The lowest BCUT2D eigenvalue weighted by Gasteiger charge is -2.16. The lowest BCUT2D eigenvalue weighted by molar-refractivity contribution is -0.121. The normalized spacial score (nSPS) is 15.8. The molecule has 0 aromatic heterocycles. The van der Waals surface area contributed by atoms with Gasteiger partial charge in [0.1, 0.15) is 17.5 Å². The number of hydrogen-bond donors (Lipinski definition) is 2. The van der Waals surface area contributed by atoms with Gasteiger partial charge >= 0.3 is 0 Å². The van der Waals surface area contributed by atoms with Crippen LogP contribution in [-0.4, -0.2) is 23.8 Å². The first-order chi connectivity index (χ1) is 15.0. The summed E-state index contributed by atoms with van der Waals surface area (Å²) in [7, 11) is 0. The molecule has 0 aliphatic carbocycles. The number of imide groups is 1. The molecule has 3 aromatic rings. The van der Waals surface area contributed by atoms with Gasteiger partial charge in [-0.2, -0.15) is 0 Å². The van der Waals surface area contributed by atoms with E-state index >= 15 is 0 Å². The average Bonchev–Trinajstić information content (AvgIpc) is 3.06. The summed E-state index contributed by atoms with van der Waals surface area (Å²) in [5.74, 6) is -0.00578. The number of rotatable bonds is 6. The molecule has 1 aliphatic heterocycles. The fourth-order valence-electron chi connectivity index (χ4n) is 3.16. The zero-order valence-electron chi connectivity index (χ0n) is 16.2. The molecule has 0 bridgehead atoms. The van der Waals surface area contributed by atoms with Gasteiger partial charge in [-0.15, -0.1) is 0 Å². The van der Waals surface area contributed by atoms with E-state index in [9.17, 15) is 14.4 Å². The second-order valence-corrected chi connectivity index (χ2v) is 7.28. The Morgan fingerprint density at radius 1 is 0.935 bits per heavy atom. The second-order valence-electron chi connectivity index (χ2n) is 6.84. The summed E-state index contributed by atoms with van der Waals surface area (Å²) in [5, 5.41) is 0.422. The monoisotopic (exact) mass is 435 g/mol. The van der Waals surface area contributed by atoms with Crippen molar-refractivity contribution in [3.8, 4) is 11.5 Å². The lowest BCUT2D eigenvalue weighted by atomic mass is 10.2. The third-order valence-electron chi connectivity index (χ3n) is 4.67. The van der Waals surface area contributed by atoms with Gasteiger partial charge in [-0.25, -0.2) is 10.3 Å². The fourth-order valence-corrected chi connectivity index (χ4v) is 3.35. The molecule has 0 saturated carbocycles. The maximum atomic E-state index is 12.7. The van der Waals surface area contributed by atoms with Crippen molar-refractivity contribution in [3.05, 3.63) is 89.4 Å². The summed E-state index contributed by atoms with van der Waals surface area (Å²) in [5.41, 5.74) is 5.87. The summed E-state index contributed by atoms with van der Waals surface area (Å²) in [6.07, 6.45) is -0.0725. The minimum Gasteiger partial charge on any atom is -0.457 e. The van der Waals surface area contributed by atoms with Gasteiger partial charge in [0.15, 0.2) is 0 Å². The molecule has 7 nitrogen and oxygen atoms in total. The van der Waals surface area contributed by atoms with Gasteiger partial charge in [-0.3, -0.25) is 19.8 Å². The van der Waals surface area contributed by atoms with E-state index in [4.69, 9.17) is 16.3 Å². The van der Waals surface area contributed by atoms with Crippen molar-refractivity contribution in [3.63, 3.8) is 0 Å². The summed E-state index contributed by atoms with van der Waals surface area (Å²) in [6.45, 7) is 0. The molecular formula is C23H18ClN3O4. The van der Waals surface area contributed by atoms with Crippen molar-refractivity contribution in [2.75, 3.05) is 4.90 Å². The van der Waals surface area contributed by atoms with E-state index in [1.54, 1.807) is 42.5 Å². The highest BCUT2D eigenvalue weighted by atomic mass is 35.5. The number of benzene rings is 3. The molecular weight excluding hydrogens is 418 g/mol. The highest BCUT2D eigenvalue weighted by Crippen LogP contribution is 2.27. The van der Waals surface area contributed by atoms with E-state index in [0.717, 1.165) is 4.90 Å². The lowest BCUT2D eigenvalue weighted by Crippen LogP contribution is -2.48. The molecule has 31 heavy (non-hydrogen) atoms. The van der Waals surface area contributed by atoms with Crippen LogP contribution < -0.4 is 20.5 Å². The number of carbonyl (C=O) groups is 3. The molecule has 0 radical (unpaired) electrons. The molecule has 1 atom stereocenters. The van der Waals surface area contributed by atoms with Crippen molar-refractivity contribution in [2.24, 2.45) is 0 Å². The second kappa shape index (κ2) is 8.99. The first kappa shape index (κ1) is 20.6. The number of amides is 3.